The number of urea groups is 1. The predicted octanol–water partition coefficient (Wildman–Crippen LogP) is 2.45. The first kappa shape index (κ1) is 16.3. The lowest BCUT2D eigenvalue weighted by Crippen LogP contribution is -2.40. The number of ether oxygens (including phenoxy) is 3. The molecule has 1 saturated carbocycles. The lowest BCUT2D eigenvalue weighted by molar-refractivity contribution is 0.236. The molecule has 0 aromatic heterocycles. The quantitative estimate of drug-likeness (QED) is 0.847. The average molecular weight is 308 g/mol. The first-order valence-corrected chi connectivity index (χ1v) is 7.51. The molecular formula is C16H24N2O4. The molecule has 0 aliphatic heterocycles. The van der Waals surface area contributed by atoms with Crippen molar-refractivity contribution < 1.29 is 19.0 Å². The van der Waals surface area contributed by atoms with Crippen molar-refractivity contribution in [3.8, 4) is 17.2 Å². The summed E-state index contributed by atoms with van der Waals surface area (Å²) in [7, 11) is 4.74. The fourth-order valence-corrected chi connectivity index (χ4v) is 2.73. The van der Waals surface area contributed by atoms with Crippen molar-refractivity contribution in [3.05, 3.63) is 17.7 Å². The minimum atomic E-state index is -0.160. The number of benzene rings is 1. The van der Waals surface area contributed by atoms with Crippen LogP contribution in [0, 0.1) is 0 Å². The summed E-state index contributed by atoms with van der Waals surface area (Å²) in [5, 5.41) is 5.85. The van der Waals surface area contributed by atoms with Crippen molar-refractivity contribution in [2.75, 3.05) is 21.3 Å². The van der Waals surface area contributed by atoms with E-state index in [0.717, 1.165) is 18.4 Å². The van der Waals surface area contributed by atoms with E-state index in [0.29, 0.717) is 29.8 Å². The van der Waals surface area contributed by atoms with Gasteiger partial charge in [-0.05, 0) is 12.8 Å². The summed E-state index contributed by atoms with van der Waals surface area (Å²) in [5.41, 5.74) is 0.785. The number of amides is 2. The summed E-state index contributed by atoms with van der Waals surface area (Å²) in [6.07, 6.45) is 4.49. The first-order chi connectivity index (χ1) is 10.7. The maximum Gasteiger partial charge on any atom is 0.315 e. The van der Waals surface area contributed by atoms with Crippen LogP contribution in [0.4, 0.5) is 4.79 Å². The van der Waals surface area contributed by atoms with Gasteiger partial charge in [-0.25, -0.2) is 4.79 Å². The molecule has 1 aliphatic rings. The van der Waals surface area contributed by atoms with Gasteiger partial charge in [-0.2, -0.15) is 0 Å². The van der Waals surface area contributed by atoms with E-state index >= 15 is 0 Å². The van der Waals surface area contributed by atoms with Gasteiger partial charge in [-0.3, -0.25) is 0 Å². The highest BCUT2D eigenvalue weighted by Crippen LogP contribution is 2.33. The van der Waals surface area contributed by atoms with Crippen molar-refractivity contribution in [1.29, 1.82) is 0 Å². The fraction of sp³-hybridized carbons (Fsp3) is 0.562. The summed E-state index contributed by atoms with van der Waals surface area (Å²) >= 11 is 0. The van der Waals surface area contributed by atoms with Crippen molar-refractivity contribution >= 4 is 6.03 Å². The molecular weight excluding hydrogens is 284 g/mol. The zero-order valence-electron chi connectivity index (χ0n) is 13.4. The van der Waals surface area contributed by atoms with E-state index in [2.05, 4.69) is 10.6 Å². The number of carbonyl (C=O) groups is 1. The highest BCUT2D eigenvalue weighted by Gasteiger charge is 2.18. The summed E-state index contributed by atoms with van der Waals surface area (Å²) in [5.74, 6) is 1.89. The molecule has 0 unspecified atom stereocenters. The van der Waals surface area contributed by atoms with E-state index in [-0.39, 0.29) is 6.03 Å². The molecule has 6 heteroatoms. The Kier molecular flexibility index (Phi) is 5.75. The molecule has 1 aliphatic carbocycles. The number of rotatable bonds is 6. The second-order valence-electron chi connectivity index (χ2n) is 5.32. The van der Waals surface area contributed by atoms with Crippen molar-refractivity contribution in [3.63, 3.8) is 0 Å². The minimum Gasteiger partial charge on any atom is -0.496 e. The number of nitrogens with one attached hydrogen (secondary N) is 2. The zero-order valence-corrected chi connectivity index (χ0v) is 13.4. The molecule has 1 fully saturated rings. The van der Waals surface area contributed by atoms with Crippen molar-refractivity contribution in [2.45, 2.75) is 38.3 Å². The average Bonchev–Trinajstić information content (AvgIpc) is 3.04. The van der Waals surface area contributed by atoms with Gasteiger partial charge in [-0.15, -0.1) is 0 Å². The summed E-state index contributed by atoms with van der Waals surface area (Å²) < 4.78 is 15.9. The Bertz CT molecular complexity index is 488. The molecule has 2 rings (SSSR count). The van der Waals surface area contributed by atoms with Gasteiger partial charge < -0.3 is 24.8 Å². The fourth-order valence-electron chi connectivity index (χ4n) is 2.73. The Balaban J connectivity index is 2.02. The Labute approximate surface area is 131 Å². The monoisotopic (exact) mass is 308 g/mol. The smallest absolute Gasteiger partial charge is 0.315 e. The standard InChI is InChI=1S/C16H24N2O4/c1-20-12-8-14(21-2)13(15(9-12)22-3)10-17-16(19)18-11-6-4-5-7-11/h8-9,11H,4-7,10H2,1-3H3,(H2,17,18,19). The van der Waals surface area contributed by atoms with Crippen LogP contribution in [-0.2, 0) is 6.54 Å². The SMILES string of the molecule is COc1cc(OC)c(CNC(=O)NC2CCCC2)c(OC)c1. The Morgan fingerprint density at radius 3 is 2.18 bits per heavy atom. The molecule has 22 heavy (non-hydrogen) atoms. The van der Waals surface area contributed by atoms with Gasteiger partial charge in [0.1, 0.15) is 17.2 Å². The maximum atomic E-state index is 12.0. The van der Waals surface area contributed by atoms with Crippen molar-refractivity contribution in [2.24, 2.45) is 0 Å². The van der Waals surface area contributed by atoms with E-state index in [4.69, 9.17) is 14.2 Å². The molecule has 122 valence electrons. The topological polar surface area (TPSA) is 68.8 Å². The second kappa shape index (κ2) is 7.77. The molecule has 1 aromatic carbocycles. The van der Waals surface area contributed by atoms with Gasteiger partial charge in [0.25, 0.3) is 0 Å². The molecule has 0 radical (unpaired) electrons. The van der Waals surface area contributed by atoms with Crippen LogP contribution in [0.3, 0.4) is 0 Å². The number of carbonyl (C=O) groups excluding carboxylic acids is 1. The molecule has 0 atom stereocenters. The van der Waals surface area contributed by atoms with Crippen LogP contribution in [-0.4, -0.2) is 33.4 Å². The van der Waals surface area contributed by atoms with E-state index < -0.39 is 0 Å². The van der Waals surface area contributed by atoms with Crippen molar-refractivity contribution in [1.82, 2.24) is 10.6 Å². The van der Waals surface area contributed by atoms with E-state index in [1.165, 1.54) is 12.8 Å². The summed E-state index contributed by atoms with van der Waals surface area (Å²) in [6, 6.07) is 3.68. The summed E-state index contributed by atoms with van der Waals surface area (Å²) in [6.45, 7) is 0.328. The van der Waals surface area contributed by atoms with Crippen LogP contribution in [0.5, 0.6) is 17.2 Å². The van der Waals surface area contributed by atoms with Gasteiger partial charge in [0.05, 0.1) is 33.4 Å². The number of methoxy groups -OCH3 is 3. The third kappa shape index (κ3) is 3.96. The van der Waals surface area contributed by atoms with Crippen LogP contribution in [0.1, 0.15) is 31.2 Å². The Morgan fingerprint density at radius 2 is 1.68 bits per heavy atom. The lowest BCUT2D eigenvalue weighted by atomic mass is 10.1. The van der Waals surface area contributed by atoms with Gasteiger partial charge >= 0.3 is 6.03 Å². The molecule has 2 amide bonds. The van der Waals surface area contributed by atoms with Crippen LogP contribution >= 0.6 is 0 Å². The second-order valence-corrected chi connectivity index (χ2v) is 5.32. The third-order valence-electron chi connectivity index (χ3n) is 3.93. The molecule has 1 aromatic rings. The highest BCUT2D eigenvalue weighted by atomic mass is 16.5. The van der Waals surface area contributed by atoms with E-state index in [1.54, 1.807) is 33.5 Å². The van der Waals surface area contributed by atoms with E-state index in [1.807, 2.05) is 0 Å². The minimum absolute atomic E-state index is 0.160. The highest BCUT2D eigenvalue weighted by molar-refractivity contribution is 5.74. The summed E-state index contributed by atoms with van der Waals surface area (Å²) in [4.78, 5) is 12.0. The Morgan fingerprint density at radius 1 is 1.09 bits per heavy atom. The molecule has 0 spiro atoms. The maximum absolute atomic E-state index is 12.0. The normalized spacial score (nSPS) is 14.5. The van der Waals surface area contributed by atoms with Gasteiger partial charge in [0.15, 0.2) is 0 Å². The van der Waals surface area contributed by atoms with Crippen LogP contribution < -0.4 is 24.8 Å². The number of hydrogen-bond donors (Lipinski definition) is 2. The van der Waals surface area contributed by atoms with Gasteiger partial charge in [-0.1, -0.05) is 12.8 Å². The van der Waals surface area contributed by atoms with E-state index in [9.17, 15) is 4.79 Å². The zero-order chi connectivity index (χ0) is 15.9. The molecule has 6 nitrogen and oxygen atoms in total. The lowest BCUT2D eigenvalue weighted by Gasteiger charge is -2.17. The number of hydrogen-bond acceptors (Lipinski definition) is 4. The van der Waals surface area contributed by atoms with Crippen LogP contribution in [0.15, 0.2) is 12.1 Å². The largest absolute Gasteiger partial charge is 0.496 e. The van der Waals surface area contributed by atoms with Crippen LogP contribution in [0.25, 0.3) is 0 Å². The predicted molar refractivity (Wildman–Crippen MR) is 83.7 cm³/mol. The third-order valence-corrected chi connectivity index (χ3v) is 3.93. The molecule has 0 bridgehead atoms. The van der Waals surface area contributed by atoms with Crippen LogP contribution in [0.2, 0.25) is 0 Å². The van der Waals surface area contributed by atoms with Gasteiger partial charge in [0, 0.05) is 18.2 Å². The first-order valence-electron chi connectivity index (χ1n) is 7.51. The molecule has 2 N–H and O–H groups in total. The molecule has 0 heterocycles. The molecule has 0 saturated heterocycles. The van der Waals surface area contributed by atoms with Gasteiger partial charge in [0.2, 0.25) is 0 Å². The Hall–Kier alpha value is -2.11.